The van der Waals surface area contributed by atoms with Gasteiger partial charge in [-0.25, -0.2) is 0 Å². The van der Waals surface area contributed by atoms with Gasteiger partial charge < -0.3 is 10.2 Å². The summed E-state index contributed by atoms with van der Waals surface area (Å²) < 4.78 is 0.471. The number of nitrogens with one attached hydrogen (secondary N) is 1. The molecule has 0 unspecified atom stereocenters. The number of nitrogens with zero attached hydrogens (tertiary/aromatic N) is 1. The van der Waals surface area contributed by atoms with Gasteiger partial charge in [0, 0.05) is 23.6 Å². The minimum Gasteiger partial charge on any atom is -0.316 e. The van der Waals surface area contributed by atoms with Crippen molar-refractivity contribution in [3.8, 4) is 0 Å². The SMILES string of the molecule is CC(C)CNCCCCCCN1CCSC(C)(C)C1. The van der Waals surface area contributed by atoms with Gasteiger partial charge in [-0.2, -0.15) is 11.8 Å². The average Bonchev–Trinajstić information content (AvgIpc) is 2.31. The summed E-state index contributed by atoms with van der Waals surface area (Å²) in [5.74, 6) is 2.09. The zero-order valence-electron chi connectivity index (χ0n) is 13.5. The third-order valence-electron chi connectivity index (χ3n) is 3.64. The molecule has 114 valence electrons. The number of hydrogen-bond acceptors (Lipinski definition) is 3. The zero-order chi connectivity index (χ0) is 14.1. The van der Waals surface area contributed by atoms with Crippen LogP contribution in [0.5, 0.6) is 0 Å². The number of thioether (sulfide) groups is 1. The van der Waals surface area contributed by atoms with Crippen molar-refractivity contribution in [1.82, 2.24) is 10.2 Å². The fraction of sp³-hybridized carbons (Fsp3) is 1.00. The van der Waals surface area contributed by atoms with Crippen LogP contribution in [0.4, 0.5) is 0 Å². The second-order valence-electron chi connectivity index (χ2n) is 6.90. The van der Waals surface area contributed by atoms with Crippen LogP contribution in [0.2, 0.25) is 0 Å². The maximum Gasteiger partial charge on any atom is 0.0231 e. The molecule has 0 atom stereocenters. The second kappa shape index (κ2) is 9.25. The lowest BCUT2D eigenvalue weighted by Gasteiger charge is -2.37. The highest BCUT2D eigenvalue weighted by Gasteiger charge is 2.26. The van der Waals surface area contributed by atoms with Crippen LogP contribution in [0.3, 0.4) is 0 Å². The van der Waals surface area contributed by atoms with Crippen LogP contribution in [-0.4, -0.2) is 48.1 Å². The summed E-state index contributed by atoms with van der Waals surface area (Å²) in [6.45, 7) is 15.5. The van der Waals surface area contributed by atoms with Crippen LogP contribution in [-0.2, 0) is 0 Å². The third-order valence-corrected chi connectivity index (χ3v) is 4.93. The van der Waals surface area contributed by atoms with Crippen LogP contribution in [0, 0.1) is 5.92 Å². The minimum absolute atomic E-state index is 0.471. The Balaban J connectivity index is 1.91. The summed E-state index contributed by atoms with van der Waals surface area (Å²) in [4.78, 5) is 2.66. The maximum absolute atomic E-state index is 3.52. The molecule has 0 radical (unpaired) electrons. The van der Waals surface area contributed by atoms with E-state index in [2.05, 4.69) is 49.7 Å². The predicted molar refractivity (Wildman–Crippen MR) is 89.2 cm³/mol. The summed E-state index contributed by atoms with van der Waals surface area (Å²) in [6.07, 6.45) is 5.50. The Morgan fingerprint density at radius 1 is 1.16 bits per heavy atom. The van der Waals surface area contributed by atoms with Crippen molar-refractivity contribution in [1.29, 1.82) is 0 Å². The first-order valence-corrected chi connectivity index (χ1v) is 9.05. The van der Waals surface area contributed by atoms with Crippen molar-refractivity contribution in [2.24, 2.45) is 5.92 Å². The molecule has 1 N–H and O–H groups in total. The van der Waals surface area contributed by atoms with E-state index in [-0.39, 0.29) is 0 Å². The fourth-order valence-electron chi connectivity index (χ4n) is 2.63. The molecule has 1 fully saturated rings. The normalized spacial score (nSPS) is 20.1. The van der Waals surface area contributed by atoms with Gasteiger partial charge in [-0.1, -0.05) is 26.7 Å². The molecule has 1 saturated heterocycles. The van der Waals surface area contributed by atoms with E-state index in [1.165, 1.54) is 64.2 Å². The number of rotatable bonds is 9. The summed E-state index contributed by atoms with van der Waals surface area (Å²) in [5, 5.41) is 3.52. The van der Waals surface area contributed by atoms with Gasteiger partial charge >= 0.3 is 0 Å². The lowest BCUT2D eigenvalue weighted by atomic mass is 10.1. The van der Waals surface area contributed by atoms with Crippen molar-refractivity contribution in [3.63, 3.8) is 0 Å². The molecule has 1 rings (SSSR count). The monoisotopic (exact) mass is 286 g/mol. The highest BCUT2D eigenvalue weighted by Crippen LogP contribution is 2.29. The van der Waals surface area contributed by atoms with Gasteiger partial charge in [-0.3, -0.25) is 0 Å². The summed E-state index contributed by atoms with van der Waals surface area (Å²) in [5.41, 5.74) is 0. The molecular weight excluding hydrogens is 252 g/mol. The maximum atomic E-state index is 3.52. The van der Waals surface area contributed by atoms with E-state index in [1.807, 2.05) is 0 Å². The number of hydrogen-bond donors (Lipinski definition) is 1. The van der Waals surface area contributed by atoms with Crippen LogP contribution in [0.15, 0.2) is 0 Å². The molecule has 1 heterocycles. The zero-order valence-corrected chi connectivity index (χ0v) is 14.3. The lowest BCUT2D eigenvalue weighted by molar-refractivity contribution is 0.254. The van der Waals surface area contributed by atoms with Gasteiger partial charge in [0.2, 0.25) is 0 Å². The first-order chi connectivity index (χ1) is 8.99. The van der Waals surface area contributed by atoms with E-state index in [4.69, 9.17) is 0 Å². The minimum atomic E-state index is 0.471. The van der Waals surface area contributed by atoms with Crippen molar-refractivity contribution in [3.05, 3.63) is 0 Å². The van der Waals surface area contributed by atoms with Crippen molar-refractivity contribution in [2.75, 3.05) is 38.5 Å². The first-order valence-electron chi connectivity index (χ1n) is 8.07. The lowest BCUT2D eigenvalue weighted by Crippen LogP contribution is -2.43. The van der Waals surface area contributed by atoms with Gasteiger partial charge in [-0.05, 0) is 52.2 Å². The molecule has 0 aromatic rings. The first kappa shape index (κ1) is 17.3. The molecule has 1 aliphatic rings. The van der Waals surface area contributed by atoms with E-state index >= 15 is 0 Å². The van der Waals surface area contributed by atoms with Crippen molar-refractivity contribution < 1.29 is 0 Å². The Bertz CT molecular complexity index is 229. The smallest absolute Gasteiger partial charge is 0.0231 e. The molecule has 2 nitrogen and oxygen atoms in total. The van der Waals surface area contributed by atoms with E-state index in [9.17, 15) is 0 Å². The topological polar surface area (TPSA) is 15.3 Å². The van der Waals surface area contributed by atoms with Gasteiger partial charge in [-0.15, -0.1) is 0 Å². The van der Waals surface area contributed by atoms with Crippen molar-refractivity contribution >= 4 is 11.8 Å². The van der Waals surface area contributed by atoms with E-state index in [0.717, 1.165) is 5.92 Å². The standard InChI is InChI=1S/C16H34N2S/c1-15(2)13-17-9-7-5-6-8-10-18-11-12-19-16(3,4)14-18/h15,17H,5-14H2,1-4H3. The quantitative estimate of drug-likeness (QED) is 0.652. The molecule has 19 heavy (non-hydrogen) atoms. The second-order valence-corrected chi connectivity index (χ2v) is 8.70. The molecular formula is C16H34N2S. The highest BCUT2D eigenvalue weighted by molar-refractivity contribution is 8.00. The fourth-order valence-corrected chi connectivity index (χ4v) is 3.81. The molecule has 0 bridgehead atoms. The molecule has 0 saturated carbocycles. The largest absolute Gasteiger partial charge is 0.316 e. The van der Waals surface area contributed by atoms with Gasteiger partial charge in [0.15, 0.2) is 0 Å². The molecule has 0 aromatic carbocycles. The average molecular weight is 287 g/mol. The van der Waals surface area contributed by atoms with E-state index in [0.29, 0.717) is 4.75 Å². The Labute approximate surface area is 125 Å². The van der Waals surface area contributed by atoms with Crippen LogP contribution >= 0.6 is 11.8 Å². The third kappa shape index (κ3) is 8.93. The Morgan fingerprint density at radius 2 is 1.89 bits per heavy atom. The molecule has 0 spiro atoms. The van der Waals surface area contributed by atoms with E-state index in [1.54, 1.807) is 0 Å². The Kier molecular flexibility index (Phi) is 8.43. The summed E-state index contributed by atoms with van der Waals surface area (Å²) >= 11 is 2.13. The predicted octanol–water partition coefficient (Wildman–Crippen LogP) is 3.62. The van der Waals surface area contributed by atoms with E-state index < -0.39 is 0 Å². The summed E-state index contributed by atoms with van der Waals surface area (Å²) in [6, 6.07) is 0. The molecule has 3 heteroatoms. The van der Waals surface area contributed by atoms with Crippen LogP contribution in [0.25, 0.3) is 0 Å². The Morgan fingerprint density at radius 3 is 2.58 bits per heavy atom. The molecule has 1 aliphatic heterocycles. The van der Waals surface area contributed by atoms with Crippen molar-refractivity contribution in [2.45, 2.75) is 58.1 Å². The number of unbranched alkanes of at least 4 members (excludes halogenated alkanes) is 3. The van der Waals surface area contributed by atoms with Gasteiger partial charge in [0.1, 0.15) is 0 Å². The van der Waals surface area contributed by atoms with Gasteiger partial charge in [0.25, 0.3) is 0 Å². The van der Waals surface area contributed by atoms with Crippen LogP contribution < -0.4 is 5.32 Å². The molecule has 0 amide bonds. The highest BCUT2D eigenvalue weighted by atomic mass is 32.2. The molecule has 0 aromatic heterocycles. The molecule has 0 aliphatic carbocycles. The Hall–Kier alpha value is 0.270. The van der Waals surface area contributed by atoms with Gasteiger partial charge in [0.05, 0.1) is 0 Å². The van der Waals surface area contributed by atoms with Crippen LogP contribution in [0.1, 0.15) is 53.4 Å². The summed E-state index contributed by atoms with van der Waals surface area (Å²) in [7, 11) is 0.